The number of rotatable bonds is 2. The van der Waals surface area contributed by atoms with Gasteiger partial charge in [-0.1, -0.05) is 45.0 Å². The van der Waals surface area contributed by atoms with Gasteiger partial charge in [0.25, 0.3) is 0 Å². The van der Waals surface area contributed by atoms with Crippen molar-refractivity contribution in [2.24, 2.45) is 5.73 Å². The van der Waals surface area contributed by atoms with Crippen molar-refractivity contribution in [3.05, 3.63) is 35.4 Å². The lowest BCUT2D eigenvalue weighted by molar-refractivity contribution is 0.164. The molecule has 2 nitrogen and oxygen atoms in total. The van der Waals surface area contributed by atoms with Crippen molar-refractivity contribution >= 4 is 0 Å². The van der Waals surface area contributed by atoms with E-state index >= 15 is 0 Å². The van der Waals surface area contributed by atoms with Crippen molar-refractivity contribution < 1.29 is 5.11 Å². The molecule has 0 aliphatic carbocycles. The molecule has 2 atom stereocenters. The number of nitrogens with two attached hydrogens (primary N) is 1. The summed E-state index contributed by atoms with van der Waals surface area (Å²) in [6.07, 6.45) is -0.509. The van der Waals surface area contributed by atoms with Crippen molar-refractivity contribution in [2.75, 3.05) is 0 Å². The molecule has 0 heterocycles. The fourth-order valence-electron chi connectivity index (χ4n) is 1.48. The minimum absolute atomic E-state index is 0.160. The van der Waals surface area contributed by atoms with Gasteiger partial charge in [-0.3, -0.25) is 0 Å². The van der Waals surface area contributed by atoms with Gasteiger partial charge in [0.05, 0.1) is 12.1 Å². The Balaban J connectivity index is 2.91. The quantitative estimate of drug-likeness (QED) is 0.782. The lowest BCUT2D eigenvalue weighted by Gasteiger charge is -2.21. The summed E-state index contributed by atoms with van der Waals surface area (Å²) in [6.45, 7) is 8.24. The first kappa shape index (κ1) is 12.2. The summed E-state index contributed by atoms with van der Waals surface area (Å²) < 4.78 is 0. The van der Waals surface area contributed by atoms with Crippen LogP contribution in [-0.4, -0.2) is 11.2 Å². The number of aliphatic hydroxyl groups is 1. The monoisotopic (exact) mass is 207 g/mol. The van der Waals surface area contributed by atoms with E-state index in [0.717, 1.165) is 5.56 Å². The second kappa shape index (κ2) is 4.33. The molecule has 0 saturated heterocycles. The van der Waals surface area contributed by atoms with Crippen LogP contribution in [0.5, 0.6) is 0 Å². The Morgan fingerprint density at radius 1 is 1.13 bits per heavy atom. The molecule has 1 aromatic carbocycles. The fraction of sp³-hybridized carbons (Fsp3) is 0.538. The zero-order valence-electron chi connectivity index (χ0n) is 9.99. The molecule has 0 amide bonds. The summed E-state index contributed by atoms with van der Waals surface area (Å²) in [5.74, 6) is 0. The largest absolute Gasteiger partial charge is 0.391 e. The molecule has 0 radical (unpaired) electrons. The van der Waals surface area contributed by atoms with Gasteiger partial charge in [0.2, 0.25) is 0 Å². The Morgan fingerprint density at radius 2 is 1.60 bits per heavy atom. The van der Waals surface area contributed by atoms with Gasteiger partial charge in [0, 0.05) is 0 Å². The number of aliphatic hydroxyl groups excluding tert-OH is 1. The van der Waals surface area contributed by atoms with Gasteiger partial charge in [-0.05, 0) is 23.5 Å². The molecule has 0 spiro atoms. The molecular formula is C13H21NO. The minimum Gasteiger partial charge on any atom is -0.391 e. The third-order valence-corrected chi connectivity index (χ3v) is 2.68. The number of benzene rings is 1. The third kappa shape index (κ3) is 3.05. The summed E-state index contributed by atoms with van der Waals surface area (Å²) in [5.41, 5.74) is 8.27. The fourth-order valence-corrected chi connectivity index (χ4v) is 1.48. The number of hydrogen-bond acceptors (Lipinski definition) is 2. The zero-order valence-corrected chi connectivity index (χ0v) is 9.99. The second-order valence-corrected chi connectivity index (χ2v) is 5.14. The summed E-state index contributed by atoms with van der Waals surface area (Å²) in [4.78, 5) is 0. The highest BCUT2D eigenvalue weighted by molar-refractivity contribution is 5.29. The highest BCUT2D eigenvalue weighted by Gasteiger charge is 2.15. The Morgan fingerprint density at radius 3 is 1.93 bits per heavy atom. The molecule has 0 fully saturated rings. The lowest BCUT2D eigenvalue weighted by atomic mass is 9.86. The second-order valence-electron chi connectivity index (χ2n) is 5.14. The van der Waals surface area contributed by atoms with Crippen LogP contribution in [0.25, 0.3) is 0 Å². The average Bonchev–Trinajstić information content (AvgIpc) is 2.15. The number of hydrogen-bond donors (Lipinski definition) is 2. The van der Waals surface area contributed by atoms with Gasteiger partial charge in [-0.2, -0.15) is 0 Å². The highest BCUT2D eigenvalue weighted by atomic mass is 16.3. The Kier molecular flexibility index (Phi) is 3.53. The van der Waals surface area contributed by atoms with Crippen LogP contribution in [0.1, 0.15) is 44.9 Å². The van der Waals surface area contributed by atoms with Gasteiger partial charge >= 0.3 is 0 Å². The predicted molar refractivity (Wildman–Crippen MR) is 63.8 cm³/mol. The summed E-state index contributed by atoms with van der Waals surface area (Å²) in [6, 6.07) is 7.87. The molecular weight excluding hydrogens is 186 g/mol. The van der Waals surface area contributed by atoms with Crippen molar-refractivity contribution in [3.63, 3.8) is 0 Å². The Labute approximate surface area is 92.1 Å². The first-order valence-electron chi connectivity index (χ1n) is 5.36. The van der Waals surface area contributed by atoms with Gasteiger partial charge < -0.3 is 10.8 Å². The molecule has 1 aromatic rings. The van der Waals surface area contributed by atoms with Gasteiger partial charge in [0.15, 0.2) is 0 Å². The first-order chi connectivity index (χ1) is 6.82. The minimum atomic E-state index is -0.509. The van der Waals surface area contributed by atoms with Crippen LogP contribution in [0.3, 0.4) is 0 Å². The van der Waals surface area contributed by atoms with E-state index in [0.29, 0.717) is 0 Å². The van der Waals surface area contributed by atoms with Crippen LogP contribution < -0.4 is 5.73 Å². The predicted octanol–water partition coefficient (Wildman–Crippen LogP) is 2.36. The van der Waals surface area contributed by atoms with Crippen LogP contribution >= 0.6 is 0 Å². The summed E-state index contributed by atoms with van der Waals surface area (Å²) in [7, 11) is 0. The smallest absolute Gasteiger partial charge is 0.0704 e. The maximum absolute atomic E-state index is 9.38. The molecule has 0 aliphatic rings. The van der Waals surface area contributed by atoms with Crippen molar-refractivity contribution in [3.8, 4) is 0 Å². The molecule has 3 N–H and O–H groups in total. The Hall–Kier alpha value is -0.860. The van der Waals surface area contributed by atoms with Crippen LogP contribution in [0.15, 0.2) is 24.3 Å². The van der Waals surface area contributed by atoms with Crippen LogP contribution in [0, 0.1) is 0 Å². The van der Waals surface area contributed by atoms with Gasteiger partial charge in [-0.25, -0.2) is 0 Å². The highest BCUT2D eigenvalue weighted by Crippen LogP contribution is 2.24. The normalized spacial score (nSPS) is 16.1. The molecule has 1 rings (SSSR count). The van der Waals surface area contributed by atoms with E-state index < -0.39 is 6.10 Å². The van der Waals surface area contributed by atoms with E-state index in [9.17, 15) is 5.11 Å². The Bertz CT molecular complexity index is 308. The molecule has 0 saturated carbocycles. The maximum Gasteiger partial charge on any atom is 0.0704 e. The van der Waals surface area contributed by atoms with Crippen molar-refractivity contribution in [2.45, 2.75) is 45.3 Å². The topological polar surface area (TPSA) is 46.2 Å². The summed E-state index contributed by atoms with van der Waals surface area (Å²) in [5, 5.41) is 9.38. The van der Waals surface area contributed by atoms with E-state index in [1.54, 1.807) is 6.92 Å². The van der Waals surface area contributed by atoms with E-state index in [2.05, 4.69) is 32.9 Å². The molecule has 2 heteroatoms. The van der Waals surface area contributed by atoms with Gasteiger partial charge in [0.1, 0.15) is 0 Å². The molecule has 0 aliphatic heterocycles. The SMILES string of the molecule is CC(O)C(N)c1ccc(C(C)(C)C)cc1. The van der Waals surface area contributed by atoms with E-state index in [4.69, 9.17) is 5.73 Å². The first-order valence-corrected chi connectivity index (χ1v) is 5.36. The lowest BCUT2D eigenvalue weighted by Crippen LogP contribution is -2.23. The van der Waals surface area contributed by atoms with Crippen LogP contribution in [-0.2, 0) is 5.41 Å². The van der Waals surface area contributed by atoms with E-state index in [1.165, 1.54) is 5.56 Å². The van der Waals surface area contributed by atoms with Crippen molar-refractivity contribution in [1.82, 2.24) is 0 Å². The third-order valence-electron chi connectivity index (χ3n) is 2.68. The van der Waals surface area contributed by atoms with Gasteiger partial charge in [-0.15, -0.1) is 0 Å². The zero-order chi connectivity index (χ0) is 11.6. The van der Waals surface area contributed by atoms with Crippen molar-refractivity contribution in [1.29, 1.82) is 0 Å². The van der Waals surface area contributed by atoms with E-state index in [-0.39, 0.29) is 11.5 Å². The van der Waals surface area contributed by atoms with Crippen LogP contribution in [0.2, 0.25) is 0 Å². The summed E-state index contributed by atoms with van der Waals surface area (Å²) >= 11 is 0. The van der Waals surface area contributed by atoms with E-state index in [1.807, 2.05) is 12.1 Å². The maximum atomic E-state index is 9.38. The average molecular weight is 207 g/mol. The molecule has 2 unspecified atom stereocenters. The molecule has 0 aromatic heterocycles. The molecule has 0 bridgehead atoms. The standard InChI is InChI=1S/C13H21NO/c1-9(15)12(14)10-5-7-11(8-6-10)13(2,3)4/h5-9,12,15H,14H2,1-4H3. The van der Waals surface area contributed by atoms with Crippen LogP contribution in [0.4, 0.5) is 0 Å². The molecule has 15 heavy (non-hydrogen) atoms. The molecule has 84 valence electrons.